The summed E-state index contributed by atoms with van der Waals surface area (Å²) in [6.45, 7) is 14.7. The van der Waals surface area contributed by atoms with E-state index in [2.05, 4.69) is 39.0 Å². The fraction of sp³-hybridized carbons (Fsp3) is 0.722. The van der Waals surface area contributed by atoms with E-state index in [0.29, 0.717) is 18.4 Å². The van der Waals surface area contributed by atoms with Gasteiger partial charge in [0.05, 0.1) is 6.54 Å². The minimum absolute atomic E-state index is 0. The molecule has 1 rings (SSSR count). The molecule has 0 atom stereocenters. The van der Waals surface area contributed by atoms with Gasteiger partial charge in [-0.3, -0.25) is 4.79 Å². The van der Waals surface area contributed by atoms with E-state index < -0.39 is 0 Å². The molecule has 0 aliphatic heterocycles. The first-order chi connectivity index (χ1) is 11.6. The average Bonchev–Trinajstić information content (AvgIpc) is 2.87. The predicted octanol–water partition coefficient (Wildman–Crippen LogP) is 2.47. The van der Waals surface area contributed by atoms with Crippen molar-refractivity contribution >= 4 is 35.8 Å². The lowest BCUT2D eigenvalue weighted by molar-refractivity contribution is -0.122. The van der Waals surface area contributed by atoms with Gasteiger partial charge >= 0.3 is 0 Å². The molecule has 7 nitrogen and oxygen atoms in total. The first-order valence-electron chi connectivity index (χ1n) is 8.92. The van der Waals surface area contributed by atoms with Crippen molar-refractivity contribution in [3.8, 4) is 0 Å². The lowest BCUT2D eigenvalue weighted by Crippen LogP contribution is -2.48. The topological polar surface area (TPSA) is 74.5 Å². The smallest absolute Gasteiger partial charge is 0.240 e. The van der Waals surface area contributed by atoms with E-state index in [0.717, 1.165) is 18.9 Å². The van der Waals surface area contributed by atoms with Crippen LogP contribution in [0.15, 0.2) is 17.4 Å². The summed E-state index contributed by atoms with van der Waals surface area (Å²) in [5.41, 5.74) is -0.241. The van der Waals surface area contributed by atoms with Gasteiger partial charge in [0, 0.05) is 38.1 Å². The summed E-state index contributed by atoms with van der Waals surface area (Å²) >= 11 is 0. The normalized spacial score (nSPS) is 11.9. The summed E-state index contributed by atoms with van der Waals surface area (Å²) in [5.74, 6) is 2.15. The number of carbonyl (C=O) groups is 1. The van der Waals surface area contributed by atoms with Crippen molar-refractivity contribution < 1.29 is 4.79 Å². The van der Waals surface area contributed by atoms with E-state index in [1.807, 2.05) is 45.8 Å². The van der Waals surface area contributed by atoms with Gasteiger partial charge in [-0.1, -0.05) is 13.8 Å². The molecule has 0 aliphatic rings. The third kappa shape index (κ3) is 9.40. The van der Waals surface area contributed by atoms with Crippen LogP contribution in [-0.2, 0) is 17.9 Å². The number of nitrogens with one attached hydrogen (secondary N) is 2. The summed E-state index contributed by atoms with van der Waals surface area (Å²) in [5, 5.41) is 6.20. The number of aromatic nitrogens is 2. The van der Waals surface area contributed by atoms with Crippen molar-refractivity contribution in [1.82, 2.24) is 25.1 Å². The van der Waals surface area contributed by atoms with Gasteiger partial charge < -0.3 is 20.1 Å². The van der Waals surface area contributed by atoms with E-state index in [9.17, 15) is 4.79 Å². The number of guanidine groups is 1. The van der Waals surface area contributed by atoms with Crippen LogP contribution < -0.4 is 10.6 Å². The zero-order valence-electron chi connectivity index (χ0n) is 17.2. The summed E-state index contributed by atoms with van der Waals surface area (Å²) in [4.78, 5) is 23.0. The number of imidazole rings is 1. The zero-order chi connectivity index (χ0) is 19.0. The quantitative estimate of drug-likeness (QED) is 0.359. The molecule has 8 heteroatoms. The Hall–Kier alpha value is -1.32. The Balaban J connectivity index is 0.00000625. The predicted molar refractivity (Wildman–Crippen MR) is 118 cm³/mol. The monoisotopic (exact) mass is 478 g/mol. The summed E-state index contributed by atoms with van der Waals surface area (Å²) < 4.78 is 2.13. The van der Waals surface area contributed by atoms with Crippen molar-refractivity contribution in [2.24, 2.45) is 10.9 Å². The van der Waals surface area contributed by atoms with Crippen molar-refractivity contribution in [3.05, 3.63) is 18.2 Å². The third-order valence-electron chi connectivity index (χ3n) is 3.33. The van der Waals surface area contributed by atoms with Crippen LogP contribution in [0.25, 0.3) is 0 Å². The molecule has 2 N–H and O–H groups in total. The lowest BCUT2D eigenvalue weighted by atomic mass is 10.1. The van der Waals surface area contributed by atoms with Crippen LogP contribution >= 0.6 is 24.0 Å². The SMILES string of the molecule is CCNC(=NCc1nccn1CC(C)C)N(C)CC(=O)NC(C)(C)C.I. The maximum atomic E-state index is 12.1. The fourth-order valence-electron chi connectivity index (χ4n) is 2.41. The van der Waals surface area contributed by atoms with Crippen LogP contribution in [0.4, 0.5) is 0 Å². The van der Waals surface area contributed by atoms with Crippen LogP contribution in [-0.4, -0.2) is 52.0 Å². The molecule has 0 aromatic carbocycles. The number of amides is 1. The standard InChI is InChI=1S/C18H34N6O.HI/c1-8-19-17(23(7)13-16(25)22-18(4,5)6)21-11-15-20-9-10-24(15)12-14(2)3;/h9-10,14H,8,11-13H2,1-7H3,(H,19,21)(H,22,25);1H. The Morgan fingerprint density at radius 1 is 1.38 bits per heavy atom. The first kappa shape index (κ1) is 24.7. The molecule has 0 bridgehead atoms. The van der Waals surface area contributed by atoms with Gasteiger partial charge in [0.2, 0.25) is 5.91 Å². The molecular formula is C18H35IN6O. The van der Waals surface area contributed by atoms with Crippen LogP contribution in [0.1, 0.15) is 47.4 Å². The molecule has 0 saturated carbocycles. The van der Waals surface area contributed by atoms with E-state index in [1.165, 1.54) is 0 Å². The number of likely N-dealkylation sites (N-methyl/N-ethyl adjacent to an activating group) is 1. The number of aliphatic imine (C=N–C) groups is 1. The molecule has 0 saturated heterocycles. The van der Waals surface area contributed by atoms with Gasteiger partial charge in [-0.05, 0) is 33.6 Å². The van der Waals surface area contributed by atoms with Gasteiger partial charge in [0.25, 0.3) is 0 Å². The number of hydrogen-bond acceptors (Lipinski definition) is 3. The second kappa shape index (κ2) is 11.4. The Kier molecular flexibility index (Phi) is 10.8. The summed E-state index contributed by atoms with van der Waals surface area (Å²) in [7, 11) is 1.87. The van der Waals surface area contributed by atoms with Crippen molar-refractivity contribution in [1.29, 1.82) is 0 Å². The minimum atomic E-state index is -0.241. The zero-order valence-corrected chi connectivity index (χ0v) is 19.5. The maximum Gasteiger partial charge on any atom is 0.240 e. The van der Waals surface area contributed by atoms with E-state index in [-0.39, 0.29) is 42.0 Å². The molecule has 0 spiro atoms. The van der Waals surface area contributed by atoms with Gasteiger partial charge in [-0.25, -0.2) is 9.98 Å². The Morgan fingerprint density at radius 3 is 2.58 bits per heavy atom. The second-order valence-electron chi connectivity index (χ2n) is 7.71. The van der Waals surface area contributed by atoms with Crippen LogP contribution in [0.2, 0.25) is 0 Å². The highest BCUT2D eigenvalue weighted by atomic mass is 127. The number of hydrogen-bond donors (Lipinski definition) is 2. The highest BCUT2D eigenvalue weighted by Crippen LogP contribution is 2.05. The Morgan fingerprint density at radius 2 is 2.04 bits per heavy atom. The third-order valence-corrected chi connectivity index (χ3v) is 3.33. The summed E-state index contributed by atoms with van der Waals surface area (Å²) in [6.07, 6.45) is 3.79. The van der Waals surface area contributed by atoms with Crippen molar-refractivity contribution in [2.45, 2.75) is 60.2 Å². The summed E-state index contributed by atoms with van der Waals surface area (Å²) in [6, 6.07) is 0. The average molecular weight is 478 g/mol. The van der Waals surface area contributed by atoms with Gasteiger partial charge in [0.15, 0.2) is 5.96 Å². The van der Waals surface area contributed by atoms with Gasteiger partial charge in [-0.15, -0.1) is 24.0 Å². The minimum Gasteiger partial charge on any atom is -0.357 e. The molecule has 1 amide bonds. The molecule has 26 heavy (non-hydrogen) atoms. The van der Waals surface area contributed by atoms with E-state index in [1.54, 1.807) is 6.20 Å². The number of rotatable bonds is 7. The molecule has 1 heterocycles. The molecule has 0 unspecified atom stereocenters. The Bertz CT molecular complexity index is 576. The van der Waals surface area contributed by atoms with Crippen LogP contribution in [0, 0.1) is 5.92 Å². The highest BCUT2D eigenvalue weighted by molar-refractivity contribution is 14.0. The van der Waals surface area contributed by atoms with Gasteiger partial charge in [-0.2, -0.15) is 0 Å². The van der Waals surface area contributed by atoms with Crippen LogP contribution in [0.3, 0.4) is 0 Å². The molecule has 0 fully saturated rings. The first-order valence-corrected chi connectivity index (χ1v) is 8.92. The van der Waals surface area contributed by atoms with Crippen molar-refractivity contribution in [2.75, 3.05) is 20.1 Å². The fourth-order valence-corrected chi connectivity index (χ4v) is 2.41. The largest absolute Gasteiger partial charge is 0.357 e. The van der Waals surface area contributed by atoms with Crippen molar-refractivity contribution in [3.63, 3.8) is 0 Å². The molecule has 0 aliphatic carbocycles. The second-order valence-corrected chi connectivity index (χ2v) is 7.71. The van der Waals surface area contributed by atoms with Gasteiger partial charge in [0.1, 0.15) is 12.4 Å². The number of carbonyl (C=O) groups excluding carboxylic acids is 1. The molecule has 1 aromatic rings. The number of nitrogens with zero attached hydrogens (tertiary/aromatic N) is 4. The molecule has 0 radical (unpaired) electrons. The molecular weight excluding hydrogens is 443 g/mol. The Labute approximate surface area is 175 Å². The number of halogens is 1. The molecule has 1 aromatic heterocycles. The lowest BCUT2D eigenvalue weighted by Gasteiger charge is -2.25. The maximum absolute atomic E-state index is 12.1. The highest BCUT2D eigenvalue weighted by Gasteiger charge is 2.17. The van der Waals surface area contributed by atoms with E-state index in [4.69, 9.17) is 0 Å². The molecule has 150 valence electrons. The van der Waals surface area contributed by atoms with E-state index >= 15 is 0 Å². The van der Waals surface area contributed by atoms with Crippen LogP contribution in [0.5, 0.6) is 0 Å².